The van der Waals surface area contributed by atoms with Crippen LogP contribution in [0.2, 0.25) is 0 Å². The van der Waals surface area contributed by atoms with Crippen LogP contribution in [0.15, 0.2) is 24.3 Å². The summed E-state index contributed by atoms with van der Waals surface area (Å²) in [7, 11) is 0. The Morgan fingerprint density at radius 1 is 1.44 bits per heavy atom. The molecule has 4 heteroatoms. The molecule has 0 aliphatic heterocycles. The van der Waals surface area contributed by atoms with Gasteiger partial charge in [-0.2, -0.15) is 0 Å². The van der Waals surface area contributed by atoms with Crippen molar-refractivity contribution in [3.63, 3.8) is 0 Å². The van der Waals surface area contributed by atoms with Crippen molar-refractivity contribution >= 4 is 5.91 Å². The summed E-state index contributed by atoms with van der Waals surface area (Å²) >= 11 is 0. The Labute approximate surface area is 109 Å². The molecule has 1 aromatic rings. The van der Waals surface area contributed by atoms with Crippen LogP contribution in [0.5, 0.6) is 5.75 Å². The third kappa shape index (κ3) is 4.75. The van der Waals surface area contributed by atoms with Crippen LogP contribution >= 0.6 is 0 Å². The van der Waals surface area contributed by atoms with Crippen molar-refractivity contribution in [3.8, 4) is 5.75 Å². The number of amides is 1. The molecule has 3 N–H and O–H groups in total. The molecule has 1 rings (SSSR count). The van der Waals surface area contributed by atoms with E-state index in [0.29, 0.717) is 13.0 Å². The highest BCUT2D eigenvalue weighted by Crippen LogP contribution is 2.24. The molecule has 0 saturated carbocycles. The summed E-state index contributed by atoms with van der Waals surface area (Å²) in [5, 5.41) is 3.37. The second-order valence-electron chi connectivity index (χ2n) is 4.22. The van der Waals surface area contributed by atoms with Gasteiger partial charge in [0.25, 0.3) is 0 Å². The van der Waals surface area contributed by atoms with Crippen LogP contribution in [0.25, 0.3) is 0 Å². The number of benzene rings is 1. The SMILES string of the molecule is CCOc1ccccc1C(C)NCCCC(N)=O. The molecule has 0 aliphatic carbocycles. The van der Waals surface area contributed by atoms with Crippen LogP contribution < -0.4 is 15.8 Å². The summed E-state index contributed by atoms with van der Waals surface area (Å²) in [5.74, 6) is 0.661. The highest BCUT2D eigenvalue weighted by atomic mass is 16.5. The smallest absolute Gasteiger partial charge is 0.217 e. The number of hydrogen-bond donors (Lipinski definition) is 2. The van der Waals surface area contributed by atoms with Crippen molar-refractivity contribution in [1.82, 2.24) is 5.32 Å². The fourth-order valence-corrected chi connectivity index (χ4v) is 1.82. The summed E-state index contributed by atoms with van der Waals surface area (Å²) < 4.78 is 5.59. The Balaban J connectivity index is 2.50. The van der Waals surface area contributed by atoms with E-state index in [1.165, 1.54) is 0 Å². The number of primary amides is 1. The molecule has 18 heavy (non-hydrogen) atoms. The van der Waals surface area contributed by atoms with E-state index in [1.807, 2.05) is 25.1 Å². The zero-order valence-electron chi connectivity index (χ0n) is 11.1. The van der Waals surface area contributed by atoms with E-state index in [1.54, 1.807) is 0 Å². The lowest BCUT2D eigenvalue weighted by Gasteiger charge is -2.17. The first kappa shape index (κ1) is 14.5. The maximum Gasteiger partial charge on any atom is 0.217 e. The number of hydrogen-bond acceptors (Lipinski definition) is 3. The van der Waals surface area contributed by atoms with Crippen molar-refractivity contribution in [3.05, 3.63) is 29.8 Å². The lowest BCUT2D eigenvalue weighted by Crippen LogP contribution is -2.22. The van der Waals surface area contributed by atoms with Crippen LogP contribution in [0.4, 0.5) is 0 Å². The van der Waals surface area contributed by atoms with Gasteiger partial charge in [-0.05, 0) is 32.9 Å². The topological polar surface area (TPSA) is 64.3 Å². The second kappa shape index (κ2) is 7.71. The molecule has 0 aliphatic rings. The Morgan fingerprint density at radius 2 is 2.17 bits per heavy atom. The lowest BCUT2D eigenvalue weighted by atomic mass is 10.1. The van der Waals surface area contributed by atoms with Gasteiger partial charge in [0.1, 0.15) is 5.75 Å². The molecular formula is C14H22N2O2. The number of carbonyl (C=O) groups excluding carboxylic acids is 1. The first-order valence-electron chi connectivity index (χ1n) is 6.38. The van der Waals surface area contributed by atoms with Crippen LogP contribution in [-0.4, -0.2) is 19.1 Å². The molecule has 4 nitrogen and oxygen atoms in total. The minimum atomic E-state index is -0.251. The minimum absolute atomic E-state index is 0.195. The van der Waals surface area contributed by atoms with E-state index in [0.717, 1.165) is 24.3 Å². The van der Waals surface area contributed by atoms with Crippen molar-refractivity contribution in [2.45, 2.75) is 32.7 Å². The Morgan fingerprint density at radius 3 is 2.83 bits per heavy atom. The average molecular weight is 250 g/mol. The first-order valence-corrected chi connectivity index (χ1v) is 6.38. The van der Waals surface area contributed by atoms with Gasteiger partial charge in [0.2, 0.25) is 5.91 Å². The Hall–Kier alpha value is -1.55. The van der Waals surface area contributed by atoms with Gasteiger partial charge in [0.05, 0.1) is 6.61 Å². The van der Waals surface area contributed by atoms with Crippen LogP contribution in [-0.2, 0) is 4.79 Å². The van der Waals surface area contributed by atoms with Crippen molar-refractivity contribution < 1.29 is 9.53 Å². The van der Waals surface area contributed by atoms with Crippen molar-refractivity contribution in [2.75, 3.05) is 13.2 Å². The molecular weight excluding hydrogens is 228 g/mol. The Kier molecular flexibility index (Phi) is 6.22. The number of nitrogens with two attached hydrogens (primary N) is 1. The second-order valence-corrected chi connectivity index (χ2v) is 4.22. The molecule has 0 aromatic heterocycles. The van der Waals surface area contributed by atoms with E-state index in [2.05, 4.69) is 18.3 Å². The summed E-state index contributed by atoms with van der Waals surface area (Å²) in [5.41, 5.74) is 6.23. The fourth-order valence-electron chi connectivity index (χ4n) is 1.82. The molecule has 0 saturated heterocycles. The number of rotatable bonds is 8. The average Bonchev–Trinajstić information content (AvgIpc) is 2.35. The van der Waals surface area contributed by atoms with Gasteiger partial charge in [-0.3, -0.25) is 4.79 Å². The summed E-state index contributed by atoms with van der Waals surface area (Å²) in [4.78, 5) is 10.6. The quantitative estimate of drug-likeness (QED) is 0.694. The van der Waals surface area contributed by atoms with Gasteiger partial charge < -0.3 is 15.8 Å². The van der Waals surface area contributed by atoms with E-state index < -0.39 is 0 Å². The lowest BCUT2D eigenvalue weighted by molar-refractivity contribution is -0.118. The highest BCUT2D eigenvalue weighted by Gasteiger charge is 2.10. The van der Waals surface area contributed by atoms with Crippen LogP contribution in [0.1, 0.15) is 38.3 Å². The van der Waals surface area contributed by atoms with E-state index in [-0.39, 0.29) is 11.9 Å². The largest absolute Gasteiger partial charge is 0.494 e. The number of nitrogens with one attached hydrogen (secondary N) is 1. The molecule has 0 bridgehead atoms. The standard InChI is InChI=1S/C14H22N2O2/c1-3-18-13-8-5-4-7-12(13)11(2)16-10-6-9-14(15)17/h4-5,7-8,11,16H,3,6,9-10H2,1-2H3,(H2,15,17). The van der Waals surface area contributed by atoms with Gasteiger partial charge in [-0.15, -0.1) is 0 Å². The van der Waals surface area contributed by atoms with Gasteiger partial charge in [-0.25, -0.2) is 0 Å². The molecule has 0 fully saturated rings. The van der Waals surface area contributed by atoms with Gasteiger partial charge in [-0.1, -0.05) is 18.2 Å². The highest BCUT2D eigenvalue weighted by molar-refractivity contribution is 5.73. The third-order valence-electron chi connectivity index (χ3n) is 2.74. The maximum atomic E-state index is 10.6. The molecule has 1 atom stereocenters. The normalized spacial score (nSPS) is 12.1. The molecule has 0 radical (unpaired) electrons. The Bertz CT molecular complexity index is 380. The van der Waals surface area contributed by atoms with Crippen molar-refractivity contribution in [1.29, 1.82) is 0 Å². The maximum absolute atomic E-state index is 10.6. The fraction of sp³-hybridized carbons (Fsp3) is 0.500. The van der Waals surface area contributed by atoms with E-state index >= 15 is 0 Å². The molecule has 0 spiro atoms. The summed E-state index contributed by atoms with van der Waals surface area (Å²) in [6, 6.07) is 8.19. The van der Waals surface area contributed by atoms with Gasteiger partial charge >= 0.3 is 0 Å². The number of carbonyl (C=O) groups is 1. The summed E-state index contributed by atoms with van der Waals surface area (Å²) in [6.07, 6.45) is 1.18. The molecule has 1 aromatic carbocycles. The zero-order chi connectivity index (χ0) is 13.4. The van der Waals surface area contributed by atoms with Gasteiger partial charge in [0.15, 0.2) is 0 Å². The number of ether oxygens (including phenoxy) is 1. The first-order chi connectivity index (χ1) is 8.65. The minimum Gasteiger partial charge on any atom is -0.494 e. The molecule has 1 unspecified atom stereocenters. The van der Waals surface area contributed by atoms with Crippen molar-refractivity contribution in [2.24, 2.45) is 5.73 Å². The molecule has 100 valence electrons. The van der Waals surface area contributed by atoms with E-state index in [4.69, 9.17) is 10.5 Å². The zero-order valence-corrected chi connectivity index (χ0v) is 11.1. The van der Waals surface area contributed by atoms with E-state index in [9.17, 15) is 4.79 Å². The van der Waals surface area contributed by atoms with Crippen LogP contribution in [0.3, 0.4) is 0 Å². The predicted molar refractivity (Wildman–Crippen MR) is 72.5 cm³/mol. The predicted octanol–water partition coefficient (Wildman–Crippen LogP) is 2.00. The number of para-hydroxylation sites is 1. The molecule has 1 amide bonds. The monoisotopic (exact) mass is 250 g/mol. The summed E-state index contributed by atoms with van der Waals surface area (Å²) in [6.45, 7) is 5.49. The third-order valence-corrected chi connectivity index (χ3v) is 2.74. The van der Waals surface area contributed by atoms with Gasteiger partial charge in [0, 0.05) is 18.0 Å². The molecule has 0 heterocycles. The van der Waals surface area contributed by atoms with Crippen LogP contribution in [0, 0.1) is 0 Å².